The molecule has 2 N–H and O–H groups in total. The number of amides is 1. The van der Waals surface area contributed by atoms with Gasteiger partial charge >= 0.3 is 11.9 Å². The van der Waals surface area contributed by atoms with Crippen LogP contribution in [0.25, 0.3) is 17.1 Å². The molecule has 1 amide bonds. The van der Waals surface area contributed by atoms with Gasteiger partial charge in [-0.3, -0.25) is 9.36 Å². The van der Waals surface area contributed by atoms with Gasteiger partial charge in [0.05, 0.1) is 17.8 Å². The minimum absolute atomic E-state index is 0.0994. The molecule has 0 spiro atoms. The molecular formula is C28H23ClF3N7O3. The number of rotatable bonds is 8. The Balaban J connectivity index is 1.45. The number of para-hydroxylation sites is 2. The van der Waals surface area contributed by atoms with Crippen molar-refractivity contribution >= 4 is 23.2 Å². The second-order valence-corrected chi connectivity index (χ2v) is 9.77. The van der Waals surface area contributed by atoms with Crippen LogP contribution in [0.3, 0.4) is 0 Å². The van der Waals surface area contributed by atoms with E-state index in [9.17, 15) is 27.9 Å². The van der Waals surface area contributed by atoms with E-state index in [0.29, 0.717) is 27.5 Å². The van der Waals surface area contributed by atoms with Gasteiger partial charge in [-0.15, -0.1) is 10.2 Å². The molecule has 0 bridgehead atoms. The highest BCUT2D eigenvalue weighted by Crippen LogP contribution is 2.24. The van der Waals surface area contributed by atoms with Gasteiger partial charge in [-0.2, -0.15) is 13.2 Å². The van der Waals surface area contributed by atoms with Crippen molar-refractivity contribution in [3.05, 3.63) is 112 Å². The van der Waals surface area contributed by atoms with Crippen molar-refractivity contribution in [2.45, 2.75) is 32.3 Å². The van der Waals surface area contributed by atoms with Crippen molar-refractivity contribution in [1.82, 2.24) is 29.1 Å². The standard InChI is InChI=1S/C28H23ClF3N7O3/c1-17-6-2-4-8-21(17)34-26(41)20-7-3-5-9-22(20)39-16-33-24(35-39)15-38-27(42)37(14-23(40)28(30,31)32)25(36-38)18-10-12-19(29)13-11-18/h2-13,16,23,40H,14-15H2,1H3,(H,34,41). The third-order valence-electron chi connectivity index (χ3n) is 6.38. The number of nitrogens with zero attached hydrogens (tertiary/aromatic N) is 6. The number of carbonyl (C=O) groups is 1. The Hall–Kier alpha value is -4.75. The molecule has 42 heavy (non-hydrogen) atoms. The summed E-state index contributed by atoms with van der Waals surface area (Å²) in [5.74, 6) is -0.366. The van der Waals surface area contributed by atoms with Crippen LogP contribution < -0.4 is 11.0 Å². The Labute approximate surface area is 241 Å². The molecule has 1 atom stereocenters. The maximum atomic E-state index is 13.2. The fourth-order valence-corrected chi connectivity index (χ4v) is 4.31. The zero-order valence-corrected chi connectivity index (χ0v) is 22.7. The highest BCUT2D eigenvalue weighted by molar-refractivity contribution is 6.30. The smallest absolute Gasteiger partial charge is 0.382 e. The van der Waals surface area contributed by atoms with Crippen molar-refractivity contribution in [3.8, 4) is 17.1 Å². The average Bonchev–Trinajstić information content (AvgIpc) is 3.55. The Morgan fingerprint density at radius 1 is 1.02 bits per heavy atom. The van der Waals surface area contributed by atoms with Gasteiger partial charge in [-0.05, 0) is 55.0 Å². The summed E-state index contributed by atoms with van der Waals surface area (Å²) < 4.78 is 42.4. The number of halogens is 4. The van der Waals surface area contributed by atoms with Crippen molar-refractivity contribution in [1.29, 1.82) is 0 Å². The second-order valence-electron chi connectivity index (χ2n) is 9.33. The van der Waals surface area contributed by atoms with Gasteiger partial charge in [0.15, 0.2) is 17.8 Å². The SMILES string of the molecule is Cc1ccccc1NC(=O)c1ccccc1-n1cnc(Cn2nc(-c3ccc(Cl)cc3)n(CC(O)C(F)(F)F)c2=O)n1. The van der Waals surface area contributed by atoms with Crippen LogP contribution in [0.4, 0.5) is 18.9 Å². The lowest BCUT2D eigenvalue weighted by Gasteiger charge is -2.15. The summed E-state index contributed by atoms with van der Waals surface area (Å²) in [6, 6.07) is 20.0. The van der Waals surface area contributed by atoms with Crippen LogP contribution in [0.15, 0.2) is 83.9 Å². The van der Waals surface area contributed by atoms with Crippen LogP contribution in [-0.2, 0) is 13.1 Å². The van der Waals surface area contributed by atoms with E-state index in [2.05, 4.69) is 20.5 Å². The topological polar surface area (TPSA) is 120 Å². The molecule has 216 valence electrons. The zero-order chi connectivity index (χ0) is 30.0. The first kappa shape index (κ1) is 28.8. The molecule has 0 aliphatic heterocycles. The Kier molecular flexibility index (Phi) is 7.96. The summed E-state index contributed by atoms with van der Waals surface area (Å²) in [6.07, 6.45) is -6.39. The summed E-state index contributed by atoms with van der Waals surface area (Å²) in [7, 11) is 0. The van der Waals surface area contributed by atoms with Crippen LogP contribution >= 0.6 is 11.6 Å². The number of aliphatic hydroxyl groups excluding tert-OH is 1. The Morgan fingerprint density at radius 2 is 1.71 bits per heavy atom. The van der Waals surface area contributed by atoms with Crippen LogP contribution in [-0.4, -0.2) is 52.4 Å². The summed E-state index contributed by atoms with van der Waals surface area (Å²) in [5, 5.41) is 21.5. The number of alkyl halides is 3. The van der Waals surface area contributed by atoms with E-state index in [1.165, 1.54) is 35.3 Å². The first-order valence-electron chi connectivity index (χ1n) is 12.6. The van der Waals surface area contributed by atoms with Crippen molar-refractivity contribution in [3.63, 3.8) is 0 Å². The molecule has 0 radical (unpaired) electrons. The lowest BCUT2D eigenvalue weighted by atomic mass is 10.1. The maximum absolute atomic E-state index is 13.2. The molecule has 10 nitrogen and oxygen atoms in total. The van der Waals surface area contributed by atoms with E-state index in [4.69, 9.17) is 11.6 Å². The number of benzene rings is 3. The molecule has 5 aromatic rings. The summed E-state index contributed by atoms with van der Waals surface area (Å²) >= 11 is 5.93. The van der Waals surface area contributed by atoms with E-state index in [1.807, 2.05) is 25.1 Å². The molecule has 0 saturated carbocycles. The number of aromatic nitrogens is 6. The van der Waals surface area contributed by atoms with Gasteiger partial charge in [0.1, 0.15) is 12.9 Å². The Bertz CT molecular complexity index is 1800. The van der Waals surface area contributed by atoms with Crippen LogP contribution in [0.5, 0.6) is 0 Å². The summed E-state index contributed by atoms with van der Waals surface area (Å²) in [5.41, 5.74) is 1.67. The zero-order valence-electron chi connectivity index (χ0n) is 22.0. The highest BCUT2D eigenvalue weighted by Gasteiger charge is 2.39. The molecule has 0 aliphatic rings. The van der Waals surface area contributed by atoms with E-state index in [1.54, 1.807) is 30.3 Å². The quantitative estimate of drug-likeness (QED) is 0.272. The molecule has 5 rings (SSSR count). The molecule has 2 heterocycles. The minimum atomic E-state index is -4.95. The molecule has 14 heteroatoms. The van der Waals surface area contributed by atoms with E-state index >= 15 is 0 Å². The minimum Gasteiger partial charge on any atom is -0.382 e. The van der Waals surface area contributed by atoms with Gasteiger partial charge in [-0.25, -0.2) is 19.1 Å². The molecule has 0 fully saturated rings. The number of carbonyl (C=O) groups excluding carboxylic acids is 1. The number of aliphatic hydroxyl groups is 1. The predicted molar refractivity (Wildman–Crippen MR) is 149 cm³/mol. The second kappa shape index (κ2) is 11.6. The van der Waals surface area contributed by atoms with Gasteiger partial charge in [-0.1, -0.05) is 41.9 Å². The van der Waals surface area contributed by atoms with E-state index in [-0.39, 0.29) is 24.1 Å². The molecule has 3 aromatic carbocycles. The highest BCUT2D eigenvalue weighted by atomic mass is 35.5. The number of aryl methyl sites for hydroxylation is 1. The van der Waals surface area contributed by atoms with Crippen molar-refractivity contribution in [2.75, 3.05) is 5.32 Å². The predicted octanol–water partition coefficient (Wildman–Crippen LogP) is 4.48. The third-order valence-corrected chi connectivity index (χ3v) is 6.63. The van der Waals surface area contributed by atoms with Gasteiger partial charge in [0, 0.05) is 16.3 Å². The third kappa shape index (κ3) is 6.11. The van der Waals surface area contributed by atoms with Crippen molar-refractivity contribution < 1.29 is 23.1 Å². The normalized spacial score (nSPS) is 12.3. The molecule has 0 aliphatic carbocycles. The summed E-state index contributed by atoms with van der Waals surface area (Å²) in [4.78, 5) is 30.5. The van der Waals surface area contributed by atoms with E-state index < -0.39 is 24.5 Å². The fraction of sp³-hybridized carbons (Fsp3) is 0.179. The Morgan fingerprint density at radius 3 is 2.43 bits per heavy atom. The first-order chi connectivity index (χ1) is 20.0. The summed E-state index contributed by atoms with van der Waals surface area (Å²) in [6.45, 7) is 0.515. The van der Waals surface area contributed by atoms with Crippen LogP contribution in [0, 0.1) is 6.92 Å². The molecule has 0 saturated heterocycles. The van der Waals surface area contributed by atoms with Gasteiger partial charge in [0.2, 0.25) is 0 Å². The van der Waals surface area contributed by atoms with Crippen LogP contribution in [0.2, 0.25) is 5.02 Å². The van der Waals surface area contributed by atoms with E-state index in [0.717, 1.165) is 14.8 Å². The largest absolute Gasteiger partial charge is 0.416 e. The molecule has 2 aromatic heterocycles. The fourth-order valence-electron chi connectivity index (χ4n) is 4.19. The number of hydrogen-bond acceptors (Lipinski definition) is 6. The number of anilines is 1. The molecule has 1 unspecified atom stereocenters. The van der Waals surface area contributed by atoms with Gasteiger partial charge in [0.25, 0.3) is 5.91 Å². The van der Waals surface area contributed by atoms with Crippen molar-refractivity contribution in [2.24, 2.45) is 0 Å². The molecular weight excluding hydrogens is 575 g/mol. The number of nitrogens with one attached hydrogen (secondary N) is 1. The monoisotopic (exact) mass is 597 g/mol. The first-order valence-corrected chi connectivity index (χ1v) is 12.9. The lowest BCUT2D eigenvalue weighted by molar-refractivity contribution is -0.207. The van der Waals surface area contributed by atoms with Crippen LogP contribution in [0.1, 0.15) is 21.7 Å². The van der Waals surface area contributed by atoms with Gasteiger partial charge < -0.3 is 10.4 Å². The lowest BCUT2D eigenvalue weighted by Crippen LogP contribution is -2.37. The maximum Gasteiger partial charge on any atom is 0.416 e. The average molecular weight is 598 g/mol. The number of hydrogen-bond donors (Lipinski definition) is 2.